The van der Waals surface area contributed by atoms with Crippen LogP contribution >= 0.6 is 22.9 Å². The van der Waals surface area contributed by atoms with Gasteiger partial charge in [-0.2, -0.15) is 0 Å². The highest BCUT2D eigenvalue weighted by Crippen LogP contribution is 2.36. The molecule has 0 N–H and O–H groups in total. The third-order valence-corrected chi connectivity index (χ3v) is 3.31. The van der Waals surface area contributed by atoms with Crippen LogP contribution in [0.3, 0.4) is 0 Å². The van der Waals surface area contributed by atoms with Gasteiger partial charge in [0.25, 0.3) is 0 Å². The molecule has 74 valence electrons. The zero-order valence-electron chi connectivity index (χ0n) is 8.47. The van der Waals surface area contributed by atoms with Crippen molar-refractivity contribution in [3.8, 4) is 0 Å². The van der Waals surface area contributed by atoms with Crippen LogP contribution in [0.15, 0.2) is 17.6 Å². The number of aromatic nitrogens is 1. The van der Waals surface area contributed by atoms with Gasteiger partial charge in [0.05, 0.1) is 15.7 Å². The summed E-state index contributed by atoms with van der Waals surface area (Å²) in [6.07, 6.45) is 0. The van der Waals surface area contributed by atoms with Crippen molar-refractivity contribution in [2.45, 2.75) is 26.2 Å². The van der Waals surface area contributed by atoms with Crippen LogP contribution < -0.4 is 0 Å². The molecule has 0 aliphatic heterocycles. The number of thiazole rings is 1. The maximum Gasteiger partial charge on any atom is 0.0864 e. The number of fused-ring (bicyclic) bond motifs is 1. The summed E-state index contributed by atoms with van der Waals surface area (Å²) in [6, 6.07) is 3.99. The van der Waals surface area contributed by atoms with E-state index in [4.69, 9.17) is 11.6 Å². The molecule has 1 heterocycles. The van der Waals surface area contributed by atoms with Gasteiger partial charge in [-0.25, -0.2) is 4.98 Å². The lowest BCUT2D eigenvalue weighted by molar-refractivity contribution is 0.595. The van der Waals surface area contributed by atoms with Crippen molar-refractivity contribution in [3.05, 3.63) is 28.2 Å². The predicted molar refractivity (Wildman–Crippen MR) is 63.3 cm³/mol. The van der Waals surface area contributed by atoms with Crippen molar-refractivity contribution in [1.29, 1.82) is 0 Å². The quantitative estimate of drug-likeness (QED) is 0.653. The van der Waals surface area contributed by atoms with Gasteiger partial charge in [-0.3, -0.25) is 0 Å². The van der Waals surface area contributed by atoms with Crippen LogP contribution in [-0.2, 0) is 5.41 Å². The van der Waals surface area contributed by atoms with Gasteiger partial charge in [-0.15, -0.1) is 11.3 Å². The van der Waals surface area contributed by atoms with E-state index in [1.807, 2.05) is 17.6 Å². The second-order valence-corrected chi connectivity index (χ2v) is 5.67. The van der Waals surface area contributed by atoms with Gasteiger partial charge in [0.2, 0.25) is 0 Å². The van der Waals surface area contributed by atoms with Gasteiger partial charge >= 0.3 is 0 Å². The molecule has 0 saturated heterocycles. The fourth-order valence-corrected chi connectivity index (χ4v) is 2.74. The molecule has 14 heavy (non-hydrogen) atoms. The zero-order chi connectivity index (χ0) is 10.3. The van der Waals surface area contributed by atoms with Crippen molar-refractivity contribution in [2.75, 3.05) is 0 Å². The number of benzene rings is 1. The molecule has 0 aliphatic rings. The van der Waals surface area contributed by atoms with Crippen LogP contribution in [0.1, 0.15) is 26.3 Å². The molecule has 1 aromatic carbocycles. The minimum atomic E-state index is 0.0463. The van der Waals surface area contributed by atoms with Crippen molar-refractivity contribution < 1.29 is 0 Å². The summed E-state index contributed by atoms with van der Waals surface area (Å²) in [5, 5.41) is 0.816. The first-order valence-corrected chi connectivity index (χ1v) is 5.78. The summed E-state index contributed by atoms with van der Waals surface area (Å²) in [5.74, 6) is 0. The van der Waals surface area contributed by atoms with Crippen molar-refractivity contribution in [2.24, 2.45) is 0 Å². The number of nitrogens with zero attached hydrogens (tertiary/aromatic N) is 1. The van der Waals surface area contributed by atoms with E-state index in [0.717, 1.165) is 16.1 Å². The molecular formula is C11H12ClNS. The summed E-state index contributed by atoms with van der Waals surface area (Å²) in [6.45, 7) is 6.48. The van der Waals surface area contributed by atoms with Gasteiger partial charge in [0.1, 0.15) is 0 Å². The van der Waals surface area contributed by atoms with Gasteiger partial charge in [0.15, 0.2) is 0 Å². The van der Waals surface area contributed by atoms with Gasteiger partial charge in [-0.05, 0) is 17.5 Å². The molecule has 0 bridgehead atoms. The molecule has 0 radical (unpaired) electrons. The SMILES string of the molecule is CC(C)(C)c1c(Cl)ccc2scnc12. The van der Waals surface area contributed by atoms with E-state index in [1.54, 1.807) is 11.3 Å². The Labute approximate surface area is 92.7 Å². The van der Waals surface area contributed by atoms with Crippen LogP contribution in [0.4, 0.5) is 0 Å². The lowest BCUT2D eigenvalue weighted by Crippen LogP contribution is -2.12. The Morgan fingerprint density at radius 2 is 2.00 bits per heavy atom. The van der Waals surface area contributed by atoms with Crippen LogP contribution in [0.2, 0.25) is 5.02 Å². The number of rotatable bonds is 0. The first-order valence-electron chi connectivity index (χ1n) is 4.52. The Bertz CT molecular complexity index is 468. The molecule has 0 amide bonds. The summed E-state index contributed by atoms with van der Waals surface area (Å²) >= 11 is 7.87. The summed E-state index contributed by atoms with van der Waals surface area (Å²) in [5.41, 5.74) is 4.12. The Balaban J connectivity index is 2.83. The third-order valence-electron chi connectivity index (χ3n) is 2.20. The lowest BCUT2D eigenvalue weighted by atomic mass is 9.86. The van der Waals surface area contributed by atoms with E-state index in [-0.39, 0.29) is 5.41 Å². The number of halogens is 1. The first kappa shape index (κ1) is 9.94. The standard InChI is InChI=1S/C11H12ClNS/c1-11(2,3)9-7(12)4-5-8-10(9)13-6-14-8/h4-6H,1-3H3. The molecule has 0 spiro atoms. The van der Waals surface area contributed by atoms with Gasteiger partial charge in [-0.1, -0.05) is 32.4 Å². The lowest BCUT2D eigenvalue weighted by Gasteiger charge is -2.20. The Morgan fingerprint density at radius 3 is 2.64 bits per heavy atom. The van der Waals surface area contributed by atoms with E-state index in [1.165, 1.54) is 4.70 Å². The molecule has 1 aromatic heterocycles. The fraction of sp³-hybridized carbons (Fsp3) is 0.364. The summed E-state index contributed by atoms with van der Waals surface area (Å²) in [7, 11) is 0. The highest BCUT2D eigenvalue weighted by atomic mass is 35.5. The average molecular weight is 226 g/mol. The molecule has 0 unspecified atom stereocenters. The largest absolute Gasteiger partial charge is 0.244 e. The fourth-order valence-electron chi connectivity index (χ4n) is 1.62. The molecule has 1 nitrogen and oxygen atoms in total. The number of hydrogen-bond donors (Lipinski definition) is 0. The maximum atomic E-state index is 6.21. The second-order valence-electron chi connectivity index (χ2n) is 4.37. The molecule has 0 aliphatic carbocycles. The highest BCUT2D eigenvalue weighted by Gasteiger charge is 2.21. The molecule has 2 aromatic rings. The average Bonchev–Trinajstić information content (AvgIpc) is 2.48. The molecule has 0 atom stereocenters. The number of hydrogen-bond acceptors (Lipinski definition) is 2. The van der Waals surface area contributed by atoms with Gasteiger partial charge in [0, 0.05) is 10.6 Å². The van der Waals surface area contributed by atoms with Crippen LogP contribution in [-0.4, -0.2) is 4.98 Å². The molecule has 0 fully saturated rings. The summed E-state index contributed by atoms with van der Waals surface area (Å²) in [4.78, 5) is 4.38. The maximum absolute atomic E-state index is 6.21. The van der Waals surface area contributed by atoms with Crippen LogP contribution in [0.25, 0.3) is 10.2 Å². The minimum Gasteiger partial charge on any atom is -0.244 e. The minimum absolute atomic E-state index is 0.0463. The Morgan fingerprint density at radius 1 is 1.29 bits per heavy atom. The smallest absolute Gasteiger partial charge is 0.0864 e. The normalized spacial score (nSPS) is 12.3. The highest BCUT2D eigenvalue weighted by molar-refractivity contribution is 7.16. The summed E-state index contributed by atoms with van der Waals surface area (Å²) < 4.78 is 1.21. The molecule has 3 heteroatoms. The molecule has 0 saturated carbocycles. The topological polar surface area (TPSA) is 12.9 Å². The molecular weight excluding hydrogens is 214 g/mol. The van der Waals surface area contributed by atoms with Gasteiger partial charge < -0.3 is 0 Å². The third kappa shape index (κ3) is 1.53. The van der Waals surface area contributed by atoms with Crippen LogP contribution in [0, 0.1) is 0 Å². The van der Waals surface area contributed by atoms with E-state index in [0.29, 0.717) is 0 Å². The van der Waals surface area contributed by atoms with E-state index >= 15 is 0 Å². The van der Waals surface area contributed by atoms with Crippen molar-refractivity contribution >= 4 is 33.2 Å². The van der Waals surface area contributed by atoms with E-state index < -0.39 is 0 Å². The second kappa shape index (κ2) is 3.21. The van der Waals surface area contributed by atoms with Crippen molar-refractivity contribution in [3.63, 3.8) is 0 Å². The van der Waals surface area contributed by atoms with Crippen LogP contribution in [0.5, 0.6) is 0 Å². The van der Waals surface area contributed by atoms with E-state index in [9.17, 15) is 0 Å². The Hall–Kier alpha value is -0.600. The predicted octanol–water partition coefficient (Wildman–Crippen LogP) is 4.25. The first-order chi connectivity index (χ1) is 6.50. The monoisotopic (exact) mass is 225 g/mol. The zero-order valence-corrected chi connectivity index (χ0v) is 10.0. The van der Waals surface area contributed by atoms with E-state index in [2.05, 4.69) is 25.8 Å². The van der Waals surface area contributed by atoms with Crippen molar-refractivity contribution in [1.82, 2.24) is 4.98 Å². The molecule has 2 rings (SSSR count). The Kier molecular flexibility index (Phi) is 2.28.